The second-order valence-electron chi connectivity index (χ2n) is 9.66. The minimum absolute atomic E-state index is 0.0267. The van der Waals surface area contributed by atoms with Crippen molar-refractivity contribution in [3.8, 4) is 0 Å². The quantitative estimate of drug-likeness (QED) is 0.482. The second kappa shape index (κ2) is 12.8. The van der Waals surface area contributed by atoms with Crippen LogP contribution in [0.3, 0.4) is 0 Å². The number of methoxy groups -OCH3 is 1. The van der Waals surface area contributed by atoms with E-state index >= 15 is 0 Å². The molecule has 1 atom stereocenters. The van der Waals surface area contributed by atoms with Crippen LogP contribution in [0.4, 0.5) is 0 Å². The minimum Gasteiger partial charge on any atom is -0.383 e. The summed E-state index contributed by atoms with van der Waals surface area (Å²) in [6.07, 6.45) is 5.35. The fourth-order valence-electron chi connectivity index (χ4n) is 3.80. The van der Waals surface area contributed by atoms with Crippen LogP contribution in [-0.2, 0) is 27.9 Å². The molecule has 6 heteroatoms. The Morgan fingerprint density at radius 3 is 2.40 bits per heavy atom. The van der Waals surface area contributed by atoms with Gasteiger partial charge in [0, 0.05) is 45.6 Å². The summed E-state index contributed by atoms with van der Waals surface area (Å²) in [6.45, 7) is 13.1. The van der Waals surface area contributed by atoms with Gasteiger partial charge in [0.25, 0.3) is 0 Å². The lowest BCUT2D eigenvalue weighted by Crippen LogP contribution is -2.44. The van der Waals surface area contributed by atoms with Crippen molar-refractivity contribution in [2.24, 2.45) is 18.4 Å². The zero-order chi connectivity index (χ0) is 22.7. The third kappa shape index (κ3) is 9.79. The van der Waals surface area contributed by atoms with Gasteiger partial charge in [-0.1, -0.05) is 41.0 Å². The predicted molar refractivity (Wildman–Crippen MR) is 122 cm³/mol. The Kier molecular flexibility index (Phi) is 11.2. The lowest BCUT2D eigenvalue weighted by Gasteiger charge is -2.29. The summed E-state index contributed by atoms with van der Waals surface area (Å²) in [6, 6.07) is 3.99. The van der Waals surface area contributed by atoms with E-state index in [-0.39, 0.29) is 23.8 Å². The van der Waals surface area contributed by atoms with Crippen LogP contribution in [0.15, 0.2) is 18.3 Å². The van der Waals surface area contributed by atoms with Crippen LogP contribution in [-0.4, -0.2) is 59.5 Å². The van der Waals surface area contributed by atoms with E-state index in [0.29, 0.717) is 38.6 Å². The van der Waals surface area contributed by atoms with E-state index in [9.17, 15) is 9.59 Å². The van der Waals surface area contributed by atoms with Crippen molar-refractivity contribution in [2.45, 2.75) is 66.8 Å². The van der Waals surface area contributed by atoms with Gasteiger partial charge < -0.3 is 19.1 Å². The number of aromatic nitrogens is 1. The lowest BCUT2D eigenvalue weighted by molar-refractivity contribution is -0.142. The molecule has 0 N–H and O–H groups in total. The largest absolute Gasteiger partial charge is 0.383 e. The molecule has 0 fully saturated rings. The Labute approximate surface area is 183 Å². The van der Waals surface area contributed by atoms with Gasteiger partial charge >= 0.3 is 0 Å². The summed E-state index contributed by atoms with van der Waals surface area (Å²) in [5, 5.41) is 0. The highest BCUT2D eigenvalue weighted by atomic mass is 16.5. The molecule has 0 aromatic carbocycles. The van der Waals surface area contributed by atoms with E-state index in [1.807, 2.05) is 29.9 Å². The zero-order valence-electron chi connectivity index (χ0n) is 20.2. The van der Waals surface area contributed by atoms with Gasteiger partial charge in [-0.3, -0.25) is 9.59 Å². The first-order valence-corrected chi connectivity index (χ1v) is 11.2. The molecule has 0 radical (unpaired) electrons. The highest BCUT2D eigenvalue weighted by molar-refractivity contribution is 5.85. The van der Waals surface area contributed by atoms with Gasteiger partial charge in [-0.25, -0.2) is 0 Å². The number of hydrogen-bond acceptors (Lipinski definition) is 3. The third-order valence-corrected chi connectivity index (χ3v) is 5.27. The minimum atomic E-state index is -0.0267. The molecular formula is C24H43N3O3. The summed E-state index contributed by atoms with van der Waals surface area (Å²) in [5.41, 5.74) is 1.25. The molecule has 172 valence electrons. The molecule has 6 nitrogen and oxygen atoms in total. The van der Waals surface area contributed by atoms with Crippen molar-refractivity contribution < 1.29 is 14.3 Å². The second-order valence-corrected chi connectivity index (χ2v) is 9.66. The first-order chi connectivity index (χ1) is 14.1. The van der Waals surface area contributed by atoms with Gasteiger partial charge in [0.2, 0.25) is 11.8 Å². The topological polar surface area (TPSA) is 54.8 Å². The van der Waals surface area contributed by atoms with Gasteiger partial charge in [-0.15, -0.1) is 0 Å². The summed E-state index contributed by atoms with van der Waals surface area (Å²) in [5.74, 6) is 0.352. The molecular weight excluding hydrogens is 378 g/mol. The van der Waals surface area contributed by atoms with Crippen molar-refractivity contribution in [1.29, 1.82) is 0 Å². The predicted octanol–water partition coefficient (Wildman–Crippen LogP) is 4.09. The van der Waals surface area contributed by atoms with Gasteiger partial charge in [0.1, 0.15) is 0 Å². The maximum Gasteiger partial charge on any atom is 0.242 e. The molecule has 1 heterocycles. The summed E-state index contributed by atoms with van der Waals surface area (Å²) >= 11 is 0. The fraction of sp³-hybridized carbons (Fsp3) is 0.750. The Morgan fingerprint density at radius 1 is 1.17 bits per heavy atom. The van der Waals surface area contributed by atoms with E-state index in [1.54, 1.807) is 16.9 Å². The third-order valence-electron chi connectivity index (χ3n) is 5.27. The van der Waals surface area contributed by atoms with Crippen LogP contribution in [0, 0.1) is 11.3 Å². The van der Waals surface area contributed by atoms with Crippen LogP contribution in [0.5, 0.6) is 0 Å². The number of rotatable bonds is 13. The van der Waals surface area contributed by atoms with Crippen molar-refractivity contribution in [2.75, 3.05) is 33.4 Å². The van der Waals surface area contributed by atoms with E-state index in [0.717, 1.165) is 25.0 Å². The normalized spacial score (nSPS) is 12.6. The summed E-state index contributed by atoms with van der Waals surface area (Å²) in [7, 11) is 3.61. The Bertz CT molecular complexity index is 648. The molecule has 1 aromatic heterocycles. The number of unbranched alkanes of at least 4 members (excludes halogenated alkanes) is 1. The first-order valence-electron chi connectivity index (χ1n) is 11.2. The van der Waals surface area contributed by atoms with Gasteiger partial charge in [-0.2, -0.15) is 0 Å². The van der Waals surface area contributed by atoms with Crippen molar-refractivity contribution in [3.63, 3.8) is 0 Å². The molecule has 0 saturated heterocycles. The van der Waals surface area contributed by atoms with Crippen molar-refractivity contribution >= 4 is 11.8 Å². The SMILES string of the molecule is CCCCN(CC(=O)N(CCOC)Cc1cccn1C)C(=O)CC(C)CC(C)(C)C. The molecule has 0 aliphatic carbocycles. The van der Waals surface area contributed by atoms with Crippen LogP contribution < -0.4 is 0 Å². The molecule has 0 saturated carbocycles. The van der Waals surface area contributed by atoms with E-state index in [1.165, 1.54) is 0 Å². The number of ether oxygens (including phenoxy) is 1. The molecule has 2 amide bonds. The number of hydrogen-bond donors (Lipinski definition) is 0. The zero-order valence-corrected chi connectivity index (χ0v) is 20.2. The average molecular weight is 422 g/mol. The average Bonchev–Trinajstić information content (AvgIpc) is 3.04. The maximum absolute atomic E-state index is 13.1. The first kappa shape index (κ1) is 26.2. The summed E-state index contributed by atoms with van der Waals surface area (Å²) in [4.78, 5) is 29.7. The lowest BCUT2D eigenvalue weighted by atomic mass is 9.84. The van der Waals surface area contributed by atoms with Crippen LogP contribution >= 0.6 is 0 Å². The number of carbonyl (C=O) groups excluding carboxylic acids is 2. The van der Waals surface area contributed by atoms with E-state index < -0.39 is 0 Å². The standard InChI is InChI=1S/C24H43N3O3/c1-8-9-13-26(22(28)16-20(2)17-24(3,4)5)19-23(29)27(14-15-30-7)18-21-11-10-12-25(21)6/h10-12,20H,8-9,13-19H2,1-7H3. The molecule has 0 aliphatic heterocycles. The fourth-order valence-corrected chi connectivity index (χ4v) is 3.80. The molecule has 0 spiro atoms. The molecule has 1 unspecified atom stereocenters. The highest BCUT2D eigenvalue weighted by Crippen LogP contribution is 2.26. The molecule has 0 bridgehead atoms. The summed E-state index contributed by atoms with van der Waals surface area (Å²) < 4.78 is 7.22. The Morgan fingerprint density at radius 2 is 1.87 bits per heavy atom. The van der Waals surface area contributed by atoms with E-state index in [2.05, 4.69) is 34.6 Å². The smallest absolute Gasteiger partial charge is 0.242 e. The van der Waals surface area contributed by atoms with Gasteiger partial charge in [0.05, 0.1) is 19.7 Å². The van der Waals surface area contributed by atoms with Crippen LogP contribution in [0.2, 0.25) is 0 Å². The van der Waals surface area contributed by atoms with E-state index in [4.69, 9.17) is 4.74 Å². The number of carbonyl (C=O) groups is 2. The highest BCUT2D eigenvalue weighted by Gasteiger charge is 2.24. The van der Waals surface area contributed by atoms with Crippen molar-refractivity contribution in [1.82, 2.24) is 14.4 Å². The maximum atomic E-state index is 13.1. The molecule has 0 aliphatic rings. The Balaban J connectivity index is 2.83. The number of nitrogens with zero attached hydrogens (tertiary/aromatic N) is 3. The van der Waals surface area contributed by atoms with Crippen molar-refractivity contribution in [3.05, 3.63) is 24.0 Å². The monoisotopic (exact) mass is 421 g/mol. The Hall–Kier alpha value is -1.82. The molecule has 1 aromatic rings. The van der Waals surface area contributed by atoms with Crippen LogP contribution in [0.25, 0.3) is 0 Å². The molecule has 30 heavy (non-hydrogen) atoms. The van der Waals surface area contributed by atoms with Gasteiger partial charge in [0.15, 0.2) is 0 Å². The number of amides is 2. The molecule has 1 rings (SSSR count). The van der Waals surface area contributed by atoms with Gasteiger partial charge in [-0.05, 0) is 36.3 Å². The number of aryl methyl sites for hydroxylation is 1. The van der Waals surface area contributed by atoms with Crippen LogP contribution in [0.1, 0.15) is 66.0 Å².